The summed E-state index contributed by atoms with van der Waals surface area (Å²) in [5.41, 5.74) is 0.857. The van der Waals surface area contributed by atoms with Gasteiger partial charge in [-0.1, -0.05) is 25.1 Å². The Bertz CT molecular complexity index is 553. The molecule has 0 aliphatic rings. The van der Waals surface area contributed by atoms with E-state index < -0.39 is 0 Å². The number of benzene rings is 1. The van der Waals surface area contributed by atoms with Gasteiger partial charge in [-0.15, -0.1) is 10.2 Å². The van der Waals surface area contributed by atoms with Gasteiger partial charge < -0.3 is 15.1 Å². The molecular formula is C14H18N4O2. The second-order valence-electron chi connectivity index (χ2n) is 4.50. The molecule has 2 N–H and O–H groups in total. The van der Waals surface area contributed by atoms with Crippen molar-refractivity contribution in [1.82, 2.24) is 20.8 Å². The first-order valence-electron chi connectivity index (χ1n) is 6.61. The van der Waals surface area contributed by atoms with Gasteiger partial charge in [0, 0.05) is 11.6 Å². The molecule has 0 bridgehead atoms. The van der Waals surface area contributed by atoms with E-state index in [1.165, 1.54) is 0 Å². The number of hydrogen-bond acceptors (Lipinski definition) is 4. The number of hydrogen-bond donors (Lipinski definition) is 2. The fraction of sp³-hybridized carbons (Fsp3) is 0.357. The molecule has 20 heavy (non-hydrogen) atoms. The molecule has 2 amide bonds. The van der Waals surface area contributed by atoms with Crippen LogP contribution in [0.1, 0.15) is 26.2 Å². The summed E-state index contributed by atoms with van der Waals surface area (Å²) in [6.45, 7) is 4.16. The van der Waals surface area contributed by atoms with Gasteiger partial charge in [-0.05, 0) is 25.5 Å². The van der Waals surface area contributed by atoms with Crippen LogP contribution >= 0.6 is 0 Å². The topological polar surface area (TPSA) is 80.0 Å². The predicted octanol–water partition coefficient (Wildman–Crippen LogP) is 2.33. The van der Waals surface area contributed by atoms with E-state index in [-0.39, 0.29) is 18.6 Å². The van der Waals surface area contributed by atoms with Crippen LogP contribution in [0.4, 0.5) is 4.79 Å². The molecule has 106 valence electrons. The van der Waals surface area contributed by atoms with Gasteiger partial charge in [-0.3, -0.25) is 0 Å². The largest absolute Gasteiger partial charge is 0.419 e. The number of amides is 2. The lowest BCUT2D eigenvalue weighted by Crippen LogP contribution is -2.40. The molecule has 2 rings (SSSR count). The molecule has 1 aromatic carbocycles. The van der Waals surface area contributed by atoms with Crippen molar-refractivity contribution >= 4 is 6.03 Å². The van der Waals surface area contributed by atoms with Crippen molar-refractivity contribution in [1.29, 1.82) is 0 Å². The minimum Gasteiger partial charge on any atom is -0.419 e. The first-order chi connectivity index (χ1) is 9.69. The van der Waals surface area contributed by atoms with Gasteiger partial charge in [0.2, 0.25) is 11.8 Å². The third-order valence-electron chi connectivity index (χ3n) is 2.88. The maximum Gasteiger partial charge on any atom is 0.315 e. The molecule has 1 unspecified atom stereocenters. The van der Waals surface area contributed by atoms with Gasteiger partial charge in [0.05, 0.1) is 6.54 Å². The van der Waals surface area contributed by atoms with E-state index in [0.29, 0.717) is 11.8 Å². The zero-order valence-electron chi connectivity index (χ0n) is 11.6. The molecular weight excluding hydrogens is 256 g/mol. The third-order valence-corrected chi connectivity index (χ3v) is 2.88. The molecule has 0 aliphatic heterocycles. The van der Waals surface area contributed by atoms with E-state index in [9.17, 15) is 4.79 Å². The number of rotatable bonds is 5. The number of urea groups is 1. The number of aromatic nitrogens is 2. The van der Waals surface area contributed by atoms with Crippen molar-refractivity contribution < 1.29 is 9.21 Å². The Morgan fingerprint density at radius 1 is 1.30 bits per heavy atom. The Labute approximate surface area is 117 Å². The summed E-state index contributed by atoms with van der Waals surface area (Å²) in [4.78, 5) is 11.6. The number of carbonyl (C=O) groups excluding carboxylic acids is 1. The summed E-state index contributed by atoms with van der Waals surface area (Å²) < 4.78 is 5.49. The maximum absolute atomic E-state index is 11.6. The molecule has 0 radical (unpaired) electrons. The highest BCUT2D eigenvalue weighted by molar-refractivity contribution is 5.74. The van der Waals surface area contributed by atoms with Crippen LogP contribution in [0.2, 0.25) is 0 Å². The van der Waals surface area contributed by atoms with Gasteiger partial charge in [0.15, 0.2) is 0 Å². The summed E-state index contributed by atoms with van der Waals surface area (Å²) in [6.07, 6.45) is 0.881. The van der Waals surface area contributed by atoms with Crippen molar-refractivity contribution in [2.75, 3.05) is 0 Å². The van der Waals surface area contributed by atoms with Crippen LogP contribution in [-0.4, -0.2) is 22.3 Å². The number of nitrogens with one attached hydrogen (secondary N) is 2. The predicted molar refractivity (Wildman–Crippen MR) is 74.9 cm³/mol. The van der Waals surface area contributed by atoms with Crippen LogP contribution in [0.15, 0.2) is 34.7 Å². The van der Waals surface area contributed by atoms with Crippen molar-refractivity contribution in [3.8, 4) is 11.5 Å². The highest BCUT2D eigenvalue weighted by Gasteiger charge is 2.10. The first kappa shape index (κ1) is 14.0. The Morgan fingerprint density at radius 2 is 2.05 bits per heavy atom. The molecule has 0 spiro atoms. The SMILES string of the molecule is CCC(C)NC(=O)NCc1nnc(-c2ccccc2)o1. The Morgan fingerprint density at radius 3 is 2.75 bits per heavy atom. The van der Waals surface area contributed by atoms with Crippen molar-refractivity contribution in [2.24, 2.45) is 0 Å². The quantitative estimate of drug-likeness (QED) is 0.877. The fourth-order valence-electron chi connectivity index (χ4n) is 1.56. The van der Waals surface area contributed by atoms with Gasteiger partial charge in [0.1, 0.15) is 0 Å². The monoisotopic (exact) mass is 274 g/mol. The zero-order chi connectivity index (χ0) is 14.4. The Balaban J connectivity index is 1.89. The molecule has 1 heterocycles. The summed E-state index contributed by atoms with van der Waals surface area (Å²) in [6, 6.07) is 9.40. The molecule has 0 fully saturated rings. The second-order valence-corrected chi connectivity index (χ2v) is 4.50. The average molecular weight is 274 g/mol. The Kier molecular flexibility index (Phi) is 4.70. The van der Waals surface area contributed by atoms with Crippen molar-refractivity contribution in [3.63, 3.8) is 0 Å². The zero-order valence-corrected chi connectivity index (χ0v) is 11.6. The van der Waals surface area contributed by atoms with E-state index in [1.807, 2.05) is 44.2 Å². The minimum atomic E-state index is -0.237. The van der Waals surface area contributed by atoms with E-state index in [1.54, 1.807) is 0 Å². The van der Waals surface area contributed by atoms with Crippen molar-refractivity contribution in [2.45, 2.75) is 32.9 Å². The average Bonchev–Trinajstić information content (AvgIpc) is 2.95. The molecule has 2 aromatic rings. The van der Waals surface area contributed by atoms with Crippen LogP contribution in [0.25, 0.3) is 11.5 Å². The highest BCUT2D eigenvalue weighted by atomic mass is 16.4. The van der Waals surface area contributed by atoms with E-state index in [2.05, 4.69) is 20.8 Å². The molecule has 6 nitrogen and oxygen atoms in total. The molecule has 0 saturated heterocycles. The van der Waals surface area contributed by atoms with Crippen LogP contribution in [0.3, 0.4) is 0 Å². The number of carbonyl (C=O) groups is 1. The minimum absolute atomic E-state index is 0.137. The van der Waals surface area contributed by atoms with Crippen LogP contribution in [-0.2, 0) is 6.54 Å². The molecule has 1 atom stereocenters. The van der Waals surface area contributed by atoms with Gasteiger partial charge >= 0.3 is 6.03 Å². The summed E-state index contributed by atoms with van der Waals surface area (Å²) in [7, 11) is 0. The van der Waals surface area contributed by atoms with Crippen LogP contribution in [0, 0.1) is 0 Å². The van der Waals surface area contributed by atoms with Crippen molar-refractivity contribution in [3.05, 3.63) is 36.2 Å². The summed E-state index contributed by atoms with van der Waals surface area (Å²) in [5.74, 6) is 0.827. The van der Waals surface area contributed by atoms with Gasteiger partial charge in [0.25, 0.3) is 0 Å². The van der Waals surface area contributed by atoms with E-state index in [4.69, 9.17) is 4.42 Å². The standard InChI is InChI=1S/C14H18N4O2/c1-3-10(2)16-14(19)15-9-12-17-18-13(20-12)11-7-5-4-6-8-11/h4-8,10H,3,9H2,1-2H3,(H2,15,16,19). The third kappa shape index (κ3) is 3.81. The lowest BCUT2D eigenvalue weighted by molar-refractivity contribution is 0.236. The molecule has 0 aliphatic carbocycles. The maximum atomic E-state index is 11.6. The van der Waals surface area contributed by atoms with Gasteiger partial charge in [-0.25, -0.2) is 4.79 Å². The van der Waals surface area contributed by atoms with Crippen LogP contribution in [0.5, 0.6) is 0 Å². The summed E-state index contributed by atoms with van der Waals surface area (Å²) in [5, 5.41) is 13.3. The van der Waals surface area contributed by atoms with Gasteiger partial charge in [-0.2, -0.15) is 0 Å². The normalized spacial score (nSPS) is 11.9. The molecule has 1 aromatic heterocycles. The highest BCUT2D eigenvalue weighted by Crippen LogP contribution is 2.16. The molecule has 0 saturated carbocycles. The molecule has 6 heteroatoms. The first-order valence-corrected chi connectivity index (χ1v) is 6.61. The second kappa shape index (κ2) is 6.70. The summed E-state index contributed by atoms with van der Waals surface area (Å²) >= 11 is 0. The lowest BCUT2D eigenvalue weighted by atomic mass is 10.2. The lowest BCUT2D eigenvalue weighted by Gasteiger charge is -2.11. The van der Waals surface area contributed by atoms with E-state index >= 15 is 0 Å². The Hall–Kier alpha value is -2.37. The smallest absolute Gasteiger partial charge is 0.315 e. The van der Waals surface area contributed by atoms with E-state index in [0.717, 1.165) is 12.0 Å². The fourth-order valence-corrected chi connectivity index (χ4v) is 1.56. The van der Waals surface area contributed by atoms with Crippen LogP contribution < -0.4 is 10.6 Å². The number of nitrogens with zero attached hydrogens (tertiary/aromatic N) is 2.